The van der Waals surface area contributed by atoms with E-state index >= 15 is 0 Å². The maximum Gasteiger partial charge on any atom is 0.125 e. The van der Waals surface area contributed by atoms with E-state index in [1.807, 2.05) is 6.92 Å². The Bertz CT molecular complexity index is 993. The van der Waals surface area contributed by atoms with Crippen molar-refractivity contribution in [3.05, 3.63) is 53.2 Å². The SMILES string of the molecule is COc1ccc2c(CN3C4CCC3c3cnc(C)nc3C4)cn(C)c2c1. The fourth-order valence-electron chi connectivity index (χ4n) is 4.82. The van der Waals surface area contributed by atoms with Gasteiger partial charge >= 0.3 is 0 Å². The Morgan fingerprint density at radius 1 is 1.27 bits per heavy atom. The van der Waals surface area contributed by atoms with E-state index in [0.717, 1.165) is 24.5 Å². The molecule has 5 heteroatoms. The lowest BCUT2D eigenvalue weighted by Crippen LogP contribution is -2.37. The highest BCUT2D eigenvalue weighted by molar-refractivity contribution is 5.85. The van der Waals surface area contributed by atoms with Crippen molar-refractivity contribution in [2.75, 3.05) is 7.11 Å². The van der Waals surface area contributed by atoms with Crippen LogP contribution < -0.4 is 4.74 Å². The molecule has 0 N–H and O–H groups in total. The molecule has 0 saturated carbocycles. The zero-order valence-electron chi connectivity index (χ0n) is 15.6. The van der Waals surface area contributed by atoms with Crippen LogP contribution in [0.3, 0.4) is 0 Å². The molecule has 2 atom stereocenters. The van der Waals surface area contributed by atoms with Crippen LogP contribution in [0.1, 0.15) is 41.5 Å². The molecule has 3 aromatic rings. The third-order valence-corrected chi connectivity index (χ3v) is 6.08. The number of fused-ring (bicyclic) bond motifs is 5. The van der Waals surface area contributed by atoms with Crippen molar-refractivity contribution in [3.63, 3.8) is 0 Å². The van der Waals surface area contributed by atoms with Crippen LogP contribution in [0.4, 0.5) is 0 Å². The van der Waals surface area contributed by atoms with Crippen molar-refractivity contribution in [3.8, 4) is 5.75 Å². The second-order valence-electron chi connectivity index (χ2n) is 7.59. The number of benzene rings is 1. The first-order chi connectivity index (χ1) is 12.6. The average Bonchev–Trinajstić information content (AvgIpc) is 3.10. The van der Waals surface area contributed by atoms with Crippen LogP contribution >= 0.6 is 0 Å². The highest BCUT2D eigenvalue weighted by atomic mass is 16.5. The molecule has 0 amide bonds. The zero-order valence-corrected chi connectivity index (χ0v) is 15.6. The summed E-state index contributed by atoms with van der Waals surface area (Å²) in [6.45, 7) is 2.96. The predicted octanol–water partition coefficient (Wildman–Crippen LogP) is 3.55. The van der Waals surface area contributed by atoms with E-state index in [4.69, 9.17) is 9.72 Å². The van der Waals surface area contributed by atoms with Gasteiger partial charge in [-0.3, -0.25) is 4.90 Å². The van der Waals surface area contributed by atoms with Gasteiger partial charge in [-0.2, -0.15) is 0 Å². The van der Waals surface area contributed by atoms with E-state index in [1.54, 1.807) is 7.11 Å². The van der Waals surface area contributed by atoms with Gasteiger partial charge in [0.25, 0.3) is 0 Å². The third kappa shape index (κ3) is 2.34. The van der Waals surface area contributed by atoms with E-state index < -0.39 is 0 Å². The molecule has 0 spiro atoms. The van der Waals surface area contributed by atoms with Crippen LogP contribution in [0, 0.1) is 6.92 Å². The van der Waals surface area contributed by atoms with Crippen LogP contribution in [0.5, 0.6) is 5.75 Å². The Balaban J connectivity index is 1.51. The van der Waals surface area contributed by atoms with Gasteiger partial charge in [0.1, 0.15) is 11.6 Å². The van der Waals surface area contributed by atoms with Crippen molar-refractivity contribution in [1.82, 2.24) is 19.4 Å². The number of hydrogen-bond donors (Lipinski definition) is 0. The fraction of sp³-hybridized carbons (Fsp3) is 0.429. The van der Waals surface area contributed by atoms with Crippen LogP contribution in [-0.2, 0) is 20.0 Å². The monoisotopic (exact) mass is 348 g/mol. The molecule has 2 aliphatic heterocycles. The Morgan fingerprint density at radius 3 is 3.00 bits per heavy atom. The van der Waals surface area contributed by atoms with Gasteiger partial charge in [-0.25, -0.2) is 9.97 Å². The van der Waals surface area contributed by atoms with Crippen molar-refractivity contribution in [1.29, 1.82) is 0 Å². The summed E-state index contributed by atoms with van der Waals surface area (Å²) in [4.78, 5) is 11.8. The fourth-order valence-corrected chi connectivity index (χ4v) is 4.82. The molecule has 5 rings (SSSR count). The minimum Gasteiger partial charge on any atom is -0.497 e. The normalized spacial score (nSPS) is 22.0. The zero-order chi connectivity index (χ0) is 17.8. The quantitative estimate of drug-likeness (QED) is 0.726. The first kappa shape index (κ1) is 15.8. The van der Waals surface area contributed by atoms with Gasteiger partial charge in [-0.15, -0.1) is 0 Å². The van der Waals surface area contributed by atoms with Crippen molar-refractivity contribution in [2.24, 2.45) is 7.05 Å². The molecule has 26 heavy (non-hydrogen) atoms. The van der Waals surface area contributed by atoms with Gasteiger partial charge in [0, 0.05) is 61.5 Å². The van der Waals surface area contributed by atoms with Gasteiger partial charge < -0.3 is 9.30 Å². The smallest absolute Gasteiger partial charge is 0.125 e. The average molecular weight is 348 g/mol. The lowest BCUT2D eigenvalue weighted by Gasteiger charge is -2.35. The molecule has 2 aliphatic rings. The summed E-state index contributed by atoms with van der Waals surface area (Å²) in [7, 11) is 3.83. The molecule has 1 fully saturated rings. The summed E-state index contributed by atoms with van der Waals surface area (Å²) in [5, 5.41) is 1.32. The van der Waals surface area contributed by atoms with Gasteiger partial charge in [0.2, 0.25) is 0 Å². The summed E-state index contributed by atoms with van der Waals surface area (Å²) >= 11 is 0. The Morgan fingerprint density at radius 2 is 2.15 bits per heavy atom. The van der Waals surface area contributed by atoms with Gasteiger partial charge in [-0.05, 0) is 37.5 Å². The molecule has 2 unspecified atom stereocenters. The number of nitrogens with zero attached hydrogens (tertiary/aromatic N) is 4. The molecular formula is C21H24N4O. The Labute approximate surface area is 153 Å². The van der Waals surface area contributed by atoms with Crippen molar-refractivity contribution >= 4 is 10.9 Å². The second kappa shape index (κ2) is 5.81. The van der Waals surface area contributed by atoms with E-state index in [2.05, 4.69) is 52.1 Å². The first-order valence-corrected chi connectivity index (χ1v) is 9.34. The number of methoxy groups -OCH3 is 1. The summed E-state index contributed by atoms with van der Waals surface area (Å²) in [6.07, 6.45) is 7.84. The van der Waals surface area contributed by atoms with E-state index in [0.29, 0.717) is 12.1 Å². The minimum atomic E-state index is 0.456. The molecule has 0 aliphatic carbocycles. The number of aromatic nitrogens is 3. The molecule has 4 heterocycles. The lowest BCUT2D eigenvalue weighted by atomic mass is 9.98. The van der Waals surface area contributed by atoms with E-state index in [-0.39, 0.29) is 0 Å². The topological polar surface area (TPSA) is 43.2 Å². The molecule has 2 bridgehead atoms. The number of hydrogen-bond acceptors (Lipinski definition) is 4. The van der Waals surface area contributed by atoms with Crippen LogP contribution in [-0.4, -0.2) is 32.6 Å². The van der Waals surface area contributed by atoms with Crippen LogP contribution in [0.2, 0.25) is 0 Å². The molecule has 2 aromatic heterocycles. The van der Waals surface area contributed by atoms with Crippen molar-refractivity contribution in [2.45, 2.75) is 44.8 Å². The van der Waals surface area contributed by atoms with Gasteiger partial charge in [0.05, 0.1) is 18.3 Å². The summed E-state index contributed by atoms with van der Waals surface area (Å²) in [6, 6.07) is 7.42. The van der Waals surface area contributed by atoms with Crippen LogP contribution in [0.25, 0.3) is 10.9 Å². The maximum atomic E-state index is 5.39. The highest BCUT2D eigenvalue weighted by Crippen LogP contribution is 2.44. The lowest BCUT2D eigenvalue weighted by molar-refractivity contribution is 0.166. The first-order valence-electron chi connectivity index (χ1n) is 9.34. The predicted molar refractivity (Wildman–Crippen MR) is 101 cm³/mol. The van der Waals surface area contributed by atoms with Gasteiger partial charge in [-0.1, -0.05) is 0 Å². The summed E-state index contributed by atoms with van der Waals surface area (Å²) in [5.41, 5.74) is 5.22. The Hall–Kier alpha value is -2.40. The largest absolute Gasteiger partial charge is 0.497 e. The third-order valence-electron chi connectivity index (χ3n) is 6.08. The maximum absolute atomic E-state index is 5.39. The van der Waals surface area contributed by atoms with E-state index in [1.165, 1.54) is 40.6 Å². The number of rotatable bonds is 3. The Kier molecular flexibility index (Phi) is 3.54. The molecule has 5 nitrogen and oxygen atoms in total. The summed E-state index contributed by atoms with van der Waals surface area (Å²) < 4.78 is 7.60. The molecule has 134 valence electrons. The molecule has 0 radical (unpaired) electrons. The van der Waals surface area contributed by atoms with E-state index in [9.17, 15) is 0 Å². The molecule has 1 aromatic carbocycles. The van der Waals surface area contributed by atoms with Crippen LogP contribution in [0.15, 0.2) is 30.6 Å². The number of ether oxygens (including phenoxy) is 1. The molecule has 1 saturated heterocycles. The number of aryl methyl sites for hydroxylation is 2. The summed E-state index contributed by atoms with van der Waals surface area (Å²) in [5.74, 6) is 1.80. The van der Waals surface area contributed by atoms with Crippen molar-refractivity contribution < 1.29 is 4.74 Å². The second-order valence-corrected chi connectivity index (χ2v) is 7.59. The molecular weight excluding hydrogens is 324 g/mol. The minimum absolute atomic E-state index is 0.456. The standard InChI is InChI=1S/C21H24N4O/c1-13-22-10-18-19(23-13)8-15-4-7-20(18)25(15)12-14-11-24(2)21-9-16(26-3)5-6-17(14)21/h5-6,9-11,15,20H,4,7-8,12H2,1-3H3. The highest BCUT2D eigenvalue weighted by Gasteiger charge is 2.40. The van der Waals surface area contributed by atoms with Gasteiger partial charge in [0.15, 0.2) is 0 Å².